The van der Waals surface area contributed by atoms with Crippen LogP contribution in [0.3, 0.4) is 0 Å². The van der Waals surface area contributed by atoms with Gasteiger partial charge in [-0.3, -0.25) is 9.69 Å². The van der Waals surface area contributed by atoms with Crippen LogP contribution in [0, 0.1) is 0 Å². The topological polar surface area (TPSA) is 64.0 Å². The number of hydrogen-bond donors (Lipinski definition) is 2. The van der Waals surface area contributed by atoms with E-state index in [0.29, 0.717) is 19.4 Å². The van der Waals surface area contributed by atoms with Gasteiger partial charge in [-0.25, -0.2) is 0 Å². The number of piperazine rings is 1. The molecular formula is C15H22N2O3. The van der Waals surface area contributed by atoms with Crippen molar-refractivity contribution in [2.75, 3.05) is 33.3 Å². The minimum absolute atomic E-state index is 0.0429. The summed E-state index contributed by atoms with van der Waals surface area (Å²) in [6.45, 7) is 2.21. The van der Waals surface area contributed by atoms with Crippen LogP contribution < -0.4 is 0 Å². The van der Waals surface area contributed by atoms with Crippen LogP contribution in [-0.2, 0) is 11.2 Å². The zero-order valence-electron chi connectivity index (χ0n) is 11.8. The fourth-order valence-corrected chi connectivity index (χ4v) is 2.44. The first-order valence-corrected chi connectivity index (χ1v) is 6.97. The molecule has 0 aromatic heterocycles. The number of carbonyl (C=O) groups is 1. The number of phenolic OH excluding ortho intramolecular Hbond substituents is 1. The normalized spacial score (nSPS) is 20.1. The number of carbonyl (C=O) groups excluding carboxylic acids is 1. The molecule has 1 aliphatic heterocycles. The Labute approximate surface area is 119 Å². The van der Waals surface area contributed by atoms with Crippen molar-refractivity contribution in [3.05, 3.63) is 29.8 Å². The highest BCUT2D eigenvalue weighted by Crippen LogP contribution is 2.13. The molecule has 2 rings (SSSR count). The number of nitrogens with zero attached hydrogens (tertiary/aromatic N) is 2. The summed E-state index contributed by atoms with van der Waals surface area (Å²) in [6, 6.07) is 6.99. The van der Waals surface area contributed by atoms with Gasteiger partial charge < -0.3 is 15.1 Å². The van der Waals surface area contributed by atoms with E-state index in [1.807, 2.05) is 24.1 Å². The smallest absolute Gasteiger partial charge is 0.223 e. The van der Waals surface area contributed by atoms with Gasteiger partial charge in [-0.2, -0.15) is 0 Å². The Hall–Kier alpha value is -1.59. The second-order valence-electron chi connectivity index (χ2n) is 5.32. The van der Waals surface area contributed by atoms with Crippen LogP contribution in [0.25, 0.3) is 0 Å². The maximum atomic E-state index is 12.2. The Kier molecular flexibility index (Phi) is 4.98. The molecule has 1 saturated heterocycles. The van der Waals surface area contributed by atoms with Crippen molar-refractivity contribution in [2.24, 2.45) is 0 Å². The molecule has 0 radical (unpaired) electrons. The predicted molar refractivity (Wildman–Crippen MR) is 76.5 cm³/mol. The van der Waals surface area contributed by atoms with Crippen LogP contribution in [0.2, 0.25) is 0 Å². The number of aliphatic hydroxyl groups is 1. The first kappa shape index (κ1) is 14.8. The molecule has 1 atom stereocenters. The van der Waals surface area contributed by atoms with Crippen LogP contribution in [0.4, 0.5) is 0 Å². The van der Waals surface area contributed by atoms with Crippen molar-refractivity contribution in [2.45, 2.75) is 18.9 Å². The fraction of sp³-hybridized carbons (Fsp3) is 0.533. The van der Waals surface area contributed by atoms with Gasteiger partial charge in [0.1, 0.15) is 5.75 Å². The number of benzene rings is 1. The summed E-state index contributed by atoms with van der Waals surface area (Å²) in [5, 5.41) is 18.5. The van der Waals surface area contributed by atoms with Gasteiger partial charge in [0.25, 0.3) is 0 Å². The highest BCUT2D eigenvalue weighted by atomic mass is 16.3. The molecule has 0 saturated carbocycles. The lowest BCUT2D eigenvalue weighted by molar-refractivity contribution is -0.134. The highest BCUT2D eigenvalue weighted by molar-refractivity contribution is 5.76. The SMILES string of the molecule is CN1CCN(C(=O)CCc2ccc(O)cc2)C[C@@H]1CO. The highest BCUT2D eigenvalue weighted by Gasteiger charge is 2.26. The molecule has 5 heteroatoms. The zero-order valence-corrected chi connectivity index (χ0v) is 11.8. The third-order valence-corrected chi connectivity index (χ3v) is 3.90. The third kappa shape index (κ3) is 3.71. The van der Waals surface area contributed by atoms with Gasteiger partial charge >= 0.3 is 0 Å². The van der Waals surface area contributed by atoms with Crippen LogP contribution in [0.1, 0.15) is 12.0 Å². The van der Waals surface area contributed by atoms with E-state index in [4.69, 9.17) is 0 Å². The molecule has 5 nitrogen and oxygen atoms in total. The molecular weight excluding hydrogens is 256 g/mol. The minimum atomic E-state index is 0.0429. The summed E-state index contributed by atoms with van der Waals surface area (Å²) < 4.78 is 0. The second kappa shape index (κ2) is 6.72. The molecule has 0 spiro atoms. The first-order valence-electron chi connectivity index (χ1n) is 6.97. The van der Waals surface area contributed by atoms with Crippen molar-refractivity contribution in [1.82, 2.24) is 9.80 Å². The lowest BCUT2D eigenvalue weighted by Gasteiger charge is -2.38. The van der Waals surface area contributed by atoms with Gasteiger partial charge in [0.05, 0.1) is 12.6 Å². The number of aliphatic hydroxyl groups excluding tert-OH is 1. The first-order chi connectivity index (χ1) is 9.60. The number of rotatable bonds is 4. The molecule has 0 aliphatic carbocycles. The van der Waals surface area contributed by atoms with E-state index in [0.717, 1.165) is 18.7 Å². The lowest BCUT2D eigenvalue weighted by atomic mass is 10.1. The van der Waals surface area contributed by atoms with Crippen molar-refractivity contribution in [3.8, 4) is 5.75 Å². The van der Waals surface area contributed by atoms with Crippen LogP contribution in [0.15, 0.2) is 24.3 Å². The number of phenols is 1. The molecule has 2 N–H and O–H groups in total. The van der Waals surface area contributed by atoms with Crippen LogP contribution in [-0.4, -0.2) is 65.3 Å². The second-order valence-corrected chi connectivity index (χ2v) is 5.32. The van der Waals surface area contributed by atoms with E-state index in [1.165, 1.54) is 0 Å². The molecule has 0 bridgehead atoms. The van der Waals surface area contributed by atoms with Gasteiger partial charge in [0, 0.05) is 26.1 Å². The van der Waals surface area contributed by atoms with E-state index < -0.39 is 0 Å². The molecule has 1 fully saturated rings. The standard InChI is InChI=1S/C15H22N2O3/c1-16-8-9-17(10-13(16)11-18)15(20)7-4-12-2-5-14(19)6-3-12/h2-3,5-6,13,18-19H,4,7-11H2,1H3/t13-/m1/s1. The van der Waals surface area contributed by atoms with E-state index in [1.54, 1.807) is 12.1 Å². The van der Waals surface area contributed by atoms with Gasteiger partial charge in [0.2, 0.25) is 5.91 Å². The number of hydrogen-bond acceptors (Lipinski definition) is 4. The van der Waals surface area contributed by atoms with Crippen molar-refractivity contribution in [1.29, 1.82) is 0 Å². The monoisotopic (exact) mass is 278 g/mol. The maximum Gasteiger partial charge on any atom is 0.223 e. The number of aromatic hydroxyl groups is 1. The van der Waals surface area contributed by atoms with Gasteiger partial charge in [-0.15, -0.1) is 0 Å². The molecule has 110 valence electrons. The Morgan fingerprint density at radius 2 is 2.00 bits per heavy atom. The van der Waals surface area contributed by atoms with Crippen LogP contribution >= 0.6 is 0 Å². The summed E-state index contributed by atoms with van der Waals surface area (Å²) in [5.74, 6) is 0.370. The van der Waals surface area contributed by atoms with Gasteiger partial charge in [0.15, 0.2) is 0 Å². The predicted octanol–water partition coefficient (Wildman–Crippen LogP) is 0.460. The molecule has 0 unspecified atom stereocenters. The summed E-state index contributed by atoms with van der Waals surface area (Å²) in [6.07, 6.45) is 1.14. The largest absolute Gasteiger partial charge is 0.508 e. The average molecular weight is 278 g/mol. The molecule has 1 aliphatic rings. The van der Waals surface area contributed by atoms with Crippen molar-refractivity contribution < 1.29 is 15.0 Å². The quantitative estimate of drug-likeness (QED) is 0.840. The molecule has 20 heavy (non-hydrogen) atoms. The molecule has 1 aromatic carbocycles. The van der Waals surface area contributed by atoms with Gasteiger partial charge in [-0.05, 0) is 31.2 Å². The Morgan fingerprint density at radius 3 is 2.65 bits per heavy atom. The summed E-state index contributed by atoms with van der Waals surface area (Å²) >= 11 is 0. The zero-order chi connectivity index (χ0) is 14.5. The van der Waals surface area contributed by atoms with E-state index in [9.17, 15) is 15.0 Å². The molecule has 1 heterocycles. The van der Waals surface area contributed by atoms with Crippen LogP contribution in [0.5, 0.6) is 5.75 Å². The maximum absolute atomic E-state index is 12.2. The Balaban J connectivity index is 1.84. The Morgan fingerprint density at radius 1 is 1.30 bits per heavy atom. The van der Waals surface area contributed by atoms with E-state index in [-0.39, 0.29) is 24.3 Å². The minimum Gasteiger partial charge on any atom is -0.508 e. The number of aryl methyl sites for hydroxylation is 1. The fourth-order valence-electron chi connectivity index (χ4n) is 2.44. The number of amides is 1. The van der Waals surface area contributed by atoms with Crippen molar-refractivity contribution >= 4 is 5.91 Å². The molecule has 1 aromatic rings. The number of likely N-dealkylation sites (N-methyl/N-ethyl adjacent to an activating group) is 1. The van der Waals surface area contributed by atoms with E-state index >= 15 is 0 Å². The summed E-state index contributed by atoms with van der Waals surface area (Å²) in [5.41, 5.74) is 1.05. The summed E-state index contributed by atoms with van der Waals surface area (Å²) in [4.78, 5) is 16.1. The third-order valence-electron chi connectivity index (χ3n) is 3.90. The van der Waals surface area contributed by atoms with Crippen molar-refractivity contribution in [3.63, 3.8) is 0 Å². The Bertz CT molecular complexity index is 447. The van der Waals surface area contributed by atoms with E-state index in [2.05, 4.69) is 4.90 Å². The van der Waals surface area contributed by atoms with Gasteiger partial charge in [-0.1, -0.05) is 12.1 Å². The summed E-state index contributed by atoms with van der Waals surface area (Å²) in [7, 11) is 1.97. The molecule has 1 amide bonds. The average Bonchev–Trinajstić information content (AvgIpc) is 2.47. The lowest BCUT2D eigenvalue weighted by Crippen LogP contribution is -2.54.